The Hall–Kier alpha value is -2.30. The second kappa shape index (κ2) is 12.2. The average Bonchev–Trinajstić information content (AvgIpc) is 3.37. The van der Waals surface area contributed by atoms with Crippen molar-refractivity contribution in [3.8, 4) is 0 Å². The van der Waals surface area contributed by atoms with Crippen LogP contribution in [0.1, 0.15) is 0 Å². The van der Waals surface area contributed by atoms with Gasteiger partial charge in [-0.1, -0.05) is 24.0 Å². The van der Waals surface area contributed by atoms with E-state index in [1.54, 1.807) is 0 Å². The molecule has 4 rings (SSSR count). The number of thiocarbonyl (C=S) groups is 2. The van der Waals surface area contributed by atoms with Crippen molar-refractivity contribution >= 4 is 91.5 Å². The van der Waals surface area contributed by atoms with Crippen molar-refractivity contribution < 1.29 is 28.8 Å². The van der Waals surface area contributed by atoms with Gasteiger partial charge in [0.05, 0.1) is 25.4 Å². The molecule has 0 aliphatic carbocycles. The number of carbonyl (C=O) groups excluding carboxylic acids is 6. The summed E-state index contributed by atoms with van der Waals surface area (Å²) in [6.45, 7) is 0.654. The van der Waals surface area contributed by atoms with Gasteiger partial charge in [-0.15, -0.1) is 0 Å². The van der Waals surface area contributed by atoms with E-state index >= 15 is 0 Å². The summed E-state index contributed by atoms with van der Waals surface area (Å²) < 4.78 is 0.602. The molecule has 0 aromatic rings. The normalized spacial score (nSPS) is 19.4. The van der Waals surface area contributed by atoms with Crippen LogP contribution in [-0.2, 0) is 19.2 Å². The minimum Gasteiger partial charge on any atom is -0.353 e. The van der Waals surface area contributed by atoms with Crippen LogP contribution in [-0.4, -0.2) is 68.9 Å². The fourth-order valence-corrected chi connectivity index (χ4v) is 2.88. The zero-order chi connectivity index (χ0) is 21.1. The summed E-state index contributed by atoms with van der Waals surface area (Å²) in [5, 5.41) is 14.3. The van der Waals surface area contributed by atoms with E-state index in [4.69, 9.17) is 0 Å². The Balaban J connectivity index is 0.000000187. The van der Waals surface area contributed by atoms with E-state index in [9.17, 15) is 28.8 Å². The molecule has 0 aromatic carbocycles. The van der Waals surface area contributed by atoms with E-state index in [1.807, 2.05) is 5.32 Å². The fourth-order valence-electron chi connectivity index (χ4n) is 1.39. The fraction of sp³-hybridized carbons (Fsp3) is 0.333. The summed E-state index contributed by atoms with van der Waals surface area (Å²) in [4.78, 5) is 60.7. The molecular formula is C12H14N6O6S4. The van der Waals surface area contributed by atoms with Crippen molar-refractivity contribution in [2.45, 2.75) is 0 Å². The number of imide groups is 1. The summed E-state index contributed by atoms with van der Waals surface area (Å²) in [6.07, 6.45) is 0. The second-order valence-electron chi connectivity index (χ2n) is 4.70. The highest BCUT2D eigenvalue weighted by molar-refractivity contribution is 8.26. The molecule has 28 heavy (non-hydrogen) atoms. The van der Waals surface area contributed by atoms with E-state index in [2.05, 4.69) is 51.0 Å². The molecule has 0 unspecified atom stereocenters. The maximum absolute atomic E-state index is 10.2. The van der Waals surface area contributed by atoms with E-state index in [1.165, 1.54) is 11.8 Å². The van der Waals surface area contributed by atoms with Gasteiger partial charge in [0, 0.05) is 11.8 Å². The Morgan fingerprint density at radius 3 is 1.50 bits per heavy atom. The largest absolute Gasteiger partial charge is 0.353 e. The maximum atomic E-state index is 10.2. The third-order valence-electron chi connectivity index (χ3n) is 2.48. The monoisotopic (exact) mass is 466 g/mol. The first-order chi connectivity index (χ1) is 13.2. The molecule has 0 saturated carbocycles. The molecule has 4 fully saturated rings. The molecule has 6 N–H and O–H groups in total. The van der Waals surface area contributed by atoms with Crippen LogP contribution in [0.2, 0.25) is 0 Å². The first kappa shape index (κ1) is 23.7. The molecule has 6 amide bonds. The molecule has 12 nitrogen and oxygen atoms in total. The summed E-state index contributed by atoms with van der Waals surface area (Å²) in [5.41, 5.74) is 0. The molecule has 0 spiro atoms. The van der Waals surface area contributed by atoms with E-state index in [-0.39, 0.29) is 41.2 Å². The predicted molar refractivity (Wildman–Crippen MR) is 109 cm³/mol. The molecule has 4 saturated heterocycles. The molecular weight excluding hydrogens is 452 g/mol. The van der Waals surface area contributed by atoms with Crippen molar-refractivity contribution in [2.75, 3.05) is 25.4 Å². The average molecular weight is 467 g/mol. The van der Waals surface area contributed by atoms with Crippen molar-refractivity contribution in [3.05, 3.63) is 0 Å². The van der Waals surface area contributed by atoms with Crippen LogP contribution < -0.4 is 31.9 Å². The zero-order valence-corrected chi connectivity index (χ0v) is 17.2. The van der Waals surface area contributed by atoms with Gasteiger partial charge in [0.25, 0.3) is 5.24 Å². The highest BCUT2D eigenvalue weighted by Crippen LogP contribution is 2.07. The van der Waals surface area contributed by atoms with Crippen LogP contribution in [0.5, 0.6) is 0 Å². The summed E-state index contributed by atoms with van der Waals surface area (Å²) >= 11 is 11.3. The van der Waals surface area contributed by atoms with Crippen LogP contribution in [0.25, 0.3) is 0 Å². The van der Waals surface area contributed by atoms with Crippen molar-refractivity contribution in [1.82, 2.24) is 31.9 Å². The first-order valence-corrected chi connectivity index (χ1v) is 9.88. The van der Waals surface area contributed by atoms with E-state index < -0.39 is 6.03 Å². The van der Waals surface area contributed by atoms with Crippen LogP contribution in [0.4, 0.5) is 9.59 Å². The smallest absolute Gasteiger partial charge is 0.321 e. The molecule has 0 aromatic heterocycles. The van der Waals surface area contributed by atoms with Crippen LogP contribution in [0, 0.1) is 0 Å². The Labute approximate surface area is 177 Å². The third-order valence-corrected chi connectivity index (χ3v) is 4.66. The van der Waals surface area contributed by atoms with Crippen molar-refractivity contribution in [2.24, 2.45) is 0 Å². The number of hydrogen-bond acceptors (Lipinski definition) is 10. The number of thioether (sulfide) groups is 2. The topological polar surface area (TPSA) is 175 Å². The number of amides is 6. The van der Waals surface area contributed by atoms with Gasteiger partial charge in [-0.3, -0.25) is 29.3 Å². The Morgan fingerprint density at radius 1 is 0.714 bits per heavy atom. The predicted octanol–water partition coefficient (Wildman–Crippen LogP) is -2.08. The summed E-state index contributed by atoms with van der Waals surface area (Å²) in [6, 6.07) is -0.398. The highest BCUT2D eigenvalue weighted by atomic mass is 32.2. The van der Waals surface area contributed by atoms with E-state index in [0.29, 0.717) is 21.7 Å². The molecule has 0 atom stereocenters. The van der Waals surface area contributed by atoms with Crippen LogP contribution in [0.3, 0.4) is 0 Å². The SMILES string of the molecule is O=C1CNC(=O)N1.O=C1CNC(=O)S1.O=C1CNC(=S)N1.O=C1CSC(=S)N1. The quantitative estimate of drug-likeness (QED) is 0.171. The lowest BCUT2D eigenvalue weighted by molar-refractivity contribution is -0.118. The molecule has 4 aliphatic heterocycles. The van der Waals surface area contributed by atoms with E-state index in [0.717, 1.165) is 11.8 Å². The number of urea groups is 1. The number of rotatable bonds is 0. The van der Waals surface area contributed by atoms with Crippen LogP contribution in [0.15, 0.2) is 0 Å². The first-order valence-electron chi connectivity index (χ1n) is 7.26. The highest BCUT2D eigenvalue weighted by Gasteiger charge is 2.17. The summed E-state index contributed by atoms with van der Waals surface area (Å²) in [5.74, 6) is 0.212. The minimum absolute atomic E-state index is 0.0231. The van der Waals surface area contributed by atoms with Gasteiger partial charge in [-0.2, -0.15) is 0 Å². The molecule has 4 aliphatic rings. The van der Waals surface area contributed by atoms with Gasteiger partial charge in [0.15, 0.2) is 5.11 Å². The lowest BCUT2D eigenvalue weighted by Gasteiger charge is -1.83. The van der Waals surface area contributed by atoms with Gasteiger partial charge in [-0.05, 0) is 12.2 Å². The molecule has 0 radical (unpaired) electrons. The summed E-state index contributed by atoms with van der Waals surface area (Å²) in [7, 11) is 0. The van der Waals surface area contributed by atoms with Gasteiger partial charge < -0.3 is 26.6 Å². The van der Waals surface area contributed by atoms with Gasteiger partial charge in [0.1, 0.15) is 4.32 Å². The van der Waals surface area contributed by atoms with Gasteiger partial charge in [0.2, 0.25) is 22.8 Å². The van der Waals surface area contributed by atoms with Gasteiger partial charge >= 0.3 is 6.03 Å². The third kappa shape index (κ3) is 10.8. The maximum Gasteiger partial charge on any atom is 0.321 e. The van der Waals surface area contributed by atoms with Crippen molar-refractivity contribution in [3.63, 3.8) is 0 Å². The Morgan fingerprint density at radius 2 is 1.36 bits per heavy atom. The second-order valence-corrected chi connectivity index (χ2v) is 7.79. The van der Waals surface area contributed by atoms with Gasteiger partial charge in [-0.25, -0.2) is 4.79 Å². The molecule has 4 heterocycles. The number of carbonyl (C=O) groups is 6. The Bertz CT molecular complexity index is 553. The Kier molecular flexibility index (Phi) is 10.4. The molecule has 152 valence electrons. The van der Waals surface area contributed by atoms with Crippen LogP contribution >= 0.6 is 48.0 Å². The minimum atomic E-state index is -0.398. The molecule has 16 heteroatoms. The van der Waals surface area contributed by atoms with Crippen molar-refractivity contribution in [1.29, 1.82) is 0 Å². The molecule has 0 bridgehead atoms. The lowest BCUT2D eigenvalue weighted by Crippen LogP contribution is -2.22. The zero-order valence-electron chi connectivity index (χ0n) is 13.9. The standard InChI is InChI=1S/C3H4N2O2.C3H4N2OS.C3H3NO2S.C3H3NOS2/c2*6-2-1-4-3(7)5-2;5-2-1-4-3(6)7-2;5-2-1-7-3(6)4-2/h2*1H2,(H2,4,5,6,7);1H2,(H,4,6);1H2,(H,4,5,6). The number of hydrogen-bond donors (Lipinski definition) is 6. The lowest BCUT2D eigenvalue weighted by atomic mass is 10.7. The number of nitrogens with one attached hydrogen (secondary N) is 6.